The van der Waals surface area contributed by atoms with Crippen LogP contribution in [0.15, 0.2) is 23.1 Å². The van der Waals surface area contributed by atoms with Crippen molar-refractivity contribution >= 4 is 24.4 Å². The number of piperazine rings is 1. The van der Waals surface area contributed by atoms with Gasteiger partial charge in [-0.15, -0.1) is 12.6 Å². The van der Waals surface area contributed by atoms with Gasteiger partial charge in [0.1, 0.15) is 5.60 Å². The second kappa shape index (κ2) is 6.79. The van der Waals surface area contributed by atoms with Crippen molar-refractivity contribution in [3.05, 3.63) is 23.8 Å². The van der Waals surface area contributed by atoms with Crippen molar-refractivity contribution in [1.29, 1.82) is 0 Å². The van der Waals surface area contributed by atoms with Crippen molar-refractivity contribution in [1.82, 2.24) is 9.80 Å². The van der Waals surface area contributed by atoms with E-state index >= 15 is 0 Å². The Labute approximate surface area is 137 Å². The van der Waals surface area contributed by atoms with Gasteiger partial charge in [0.05, 0.1) is 0 Å². The van der Waals surface area contributed by atoms with Crippen LogP contribution in [-0.2, 0) is 11.3 Å². The van der Waals surface area contributed by atoms with E-state index in [0.29, 0.717) is 13.1 Å². The zero-order valence-electron chi connectivity index (χ0n) is 13.5. The maximum atomic E-state index is 12.0. The maximum absolute atomic E-state index is 12.0. The highest BCUT2D eigenvalue weighted by atomic mass is 32.1. The molecule has 0 radical (unpaired) electrons. The number of nitrogens with zero attached hydrogens (tertiary/aromatic N) is 2. The topological polar surface area (TPSA) is 58.8 Å². The van der Waals surface area contributed by atoms with E-state index in [2.05, 4.69) is 17.5 Å². The molecule has 6 heteroatoms. The van der Waals surface area contributed by atoms with E-state index in [1.165, 1.54) is 0 Å². The molecule has 2 rings (SSSR count). The minimum atomic E-state index is -0.446. The molecule has 1 aromatic rings. The Bertz CT molecular complexity index is 514. The Morgan fingerprint density at radius 2 is 1.86 bits per heavy atom. The molecule has 1 amide bonds. The van der Waals surface area contributed by atoms with Crippen LogP contribution in [0.25, 0.3) is 0 Å². The lowest BCUT2D eigenvalue weighted by molar-refractivity contribution is 0.0139. The third kappa shape index (κ3) is 5.10. The lowest BCUT2D eigenvalue weighted by Crippen LogP contribution is -2.49. The number of ether oxygens (including phenoxy) is 1. The maximum Gasteiger partial charge on any atom is 0.410 e. The summed E-state index contributed by atoms with van der Waals surface area (Å²) in [5.41, 5.74) is 7.28. The number of nitrogens with two attached hydrogens (primary N) is 1. The lowest BCUT2D eigenvalue weighted by atomic mass is 10.1. The fourth-order valence-corrected chi connectivity index (χ4v) is 2.78. The van der Waals surface area contributed by atoms with Crippen LogP contribution in [-0.4, -0.2) is 47.7 Å². The van der Waals surface area contributed by atoms with Crippen LogP contribution in [0, 0.1) is 0 Å². The highest BCUT2D eigenvalue weighted by Crippen LogP contribution is 2.18. The minimum absolute atomic E-state index is 0.228. The predicted molar refractivity (Wildman–Crippen MR) is 91.2 cm³/mol. The first-order valence-electron chi connectivity index (χ1n) is 7.52. The van der Waals surface area contributed by atoms with E-state index < -0.39 is 5.60 Å². The van der Waals surface area contributed by atoms with E-state index in [1.54, 1.807) is 4.90 Å². The second-order valence-electron chi connectivity index (χ2n) is 6.68. The Hall–Kier alpha value is -1.40. The van der Waals surface area contributed by atoms with Gasteiger partial charge in [0, 0.05) is 43.3 Å². The van der Waals surface area contributed by atoms with Crippen LogP contribution < -0.4 is 5.73 Å². The number of amides is 1. The summed E-state index contributed by atoms with van der Waals surface area (Å²) in [6.07, 6.45) is -0.228. The van der Waals surface area contributed by atoms with Gasteiger partial charge in [0.25, 0.3) is 0 Å². The number of hydrogen-bond donors (Lipinski definition) is 2. The van der Waals surface area contributed by atoms with Crippen LogP contribution in [0.1, 0.15) is 26.3 Å². The summed E-state index contributed by atoms with van der Waals surface area (Å²) in [4.78, 5) is 17.0. The van der Waals surface area contributed by atoms with Crippen molar-refractivity contribution in [3.8, 4) is 0 Å². The van der Waals surface area contributed by atoms with Crippen molar-refractivity contribution in [2.75, 3.05) is 31.9 Å². The Kier molecular flexibility index (Phi) is 5.24. The molecular formula is C16H25N3O2S. The molecule has 22 heavy (non-hydrogen) atoms. The average molecular weight is 323 g/mol. The summed E-state index contributed by atoms with van der Waals surface area (Å²) in [5, 5.41) is 0. The summed E-state index contributed by atoms with van der Waals surface area (Å²) < 4.78 is 5.40. The molecule has 0 saturated carbocycles. The Morgan fingerprint density at radius 1 is 1.23 bits per heavy atom. The fourth-order valence-electron chi connectivity index (χ4n) is 2.46. The molecule has 0 atom stereocenters. The zero-order valence-corrected chi connectivity index (χ0v) is 14.4. The number of nitrogen functional groups attached to an aromatic ring is 1. The number of benzene rings is 1. The van der Waals surface area contributed by atoms with Crippen molar-refractivity contribution in [2.24, 2.45) is 0 Å². The van der Waals surface area contributed by atoms with Gasteiger partial charge in [-0.1, -0.05) is 0 Å². The molecule has 0 spiro atoms. The molecular weight excluding hydrogens is 298 g/mol. The molecule has 1 aromatic carbocycles. The quantitative estimate of drug-likeness (QED) is 0.649. The highest BCUT2D eigenvalue weighted by molar-refractivity contribution is 7.80. The van der Waals surface area contributed by atoms with E-state index in [-0.39, 0.29) is 6.09 Å². The van der Waals surface area contributed by atoms with Crippen LogP contribution in [0.2, 0.25) is 0 Å². The summed E-state index contributed by atoms with van der Waals surface area (Å²) in [6.45, 7) is 9.50. The van der Waals surface area contributed by atoms with Gasteiger partial charge in [-0.05, 0) is 44.5 Å². The summed E-state index contributed by atoms with van der Waals surface area (Å²) in [7, 11) is 0. The van der Waals surface area contributed by atoms with E-state index in [0.717, 1.165) is 35.8 Å². The van der Waals surface area contributed by atoms with Crippen LogP contribution in [0.3, 0.4) is 0 Å². The van der Waals surface area contributed by atoms with Gasteiger partial charge < -0.3 is 15.4 Å². The van der Waals surface area contributed by atoms with E-state index in [1.807, 2.05) is 39.0 Å². The van der Waals surface area contributed by atoms with Crippen LogP contribution in [0.4, 0.5) is 10.5 Å². The van der Waals surface area contributed by atoms with Crippen molar-refractivity contribution in [3.63, 3.8) is 0 Å². The molecule has 2 N–H and O–H groups in total. The van der Waals surface area contributed by atoms with Crippen molar-refractivity contribution < 1.29 is 9.53 Å². The average Bonchev–Trinajstić information content (AvgIpc) is 2.36. The fraction of sp³-hybridized carbons (Fsp3) is 0.562. The van der Waals surface area contributed by atoms with E-state index in [4.69, 9.17) is 10.5 Å². The molecule has 0 bridgehead atoms. The number of carbonyl (C=O) groups excluding carboxylic acids is 1. The molecule has 1 aliphatic rings. The smallest absolute Gasteiger partial charge is 0.410 e. The largest absolute Gasteiger partial charge is 0.444 e. The first-order valence-corrected chi connectivity index (χ1v) is 7.96. The van der Waals surface area contributed by atoms with Gasteiger partial charge in [-0.3, -0.25) is 4.90 Å². The summed E-state index contributed by atoms with van der Waals surface area (Å²) in [5.74, 6) is 0. The molecule has 1 heterocycles. The number of carbonyl (C=O) groups is 1. The second-order valence-corrected chi connectivity index (χ2v) is 7.19. The Morgan fingerprint density at radius 3 is 2.41 bits per heavy atom. The predicted octanol–water partition coefficient (Wildman–Crippen LogP) is 2.61. The summed E-state index contributed by atoms with van der Waals surface area (Å²) >= 11 is 4.35. The Balaban J connectivity index is 1.86. The number of anilines is 1. The lowest BCUT2D eigenvalue weighted by Gasteiger charge is -2.35. The SMILES string of the molecule is CC(C)(C)OC(=O)N1CCN(Cc2cc(N)cc(S)c2)CC1. The minimum Gasteiger partial charge on any atom is -0.444 e. The molecule has 1 saturated heterocycles. The third-order valence-electron chi connectivity index (χ3n) is 3.43. The van der Waals surface area contributed by atoms with Gasteiger partial charge in [0.2, 0.25) is 0 Å². The van der Waals surface area contributed by atoms with Gasteiger partial charge in [-0.25, -0.2) is 4.79 Å². The number of thiol groups is 1. The van der Waals surface area contributed by atoms with E-state index in [9.17, 15) is 4.79 Å². The normalized spacial score (nSPS) is 16.6. The molecule has 122 valence electrons. The molecule has 5 nitrogen and oxygen atoms in total. The number of rotatable bonds is 2. The van der Waals surface area contributed by atoms with Crippen LogP contribution in [0.5, 0.6) is 0 Å². The summed E-state index contributed by atoms with van der Waals surface area (Å²) in [6, 6.07) is 5.84. The molecule has 0 aliphatic carbocycles. The van der Waals surface area contributed by atoms with Crippen LogP contribution >= 0.6 is 12.6 Å². The van der Waals surface area contributed by atoms with Gasteiger partial charge >= 0.3 is 6.09 Å². The highest BCUT2D eigenvalue weighted by Gasteiger charge is 2.25. The van der Waals surface area contributed by atoms with Gasteiger partial charge in [0.15, 0.2) is 0 Å². The monoisotopic (exact) mass is 323 g/mol. The number of hydrogen-bond acceptors (Lipinski definition) is 5. The van der Waals surface area contributed by atoms with Gasteiger partial charge in [-0.2, -0.15) is 0 Å². The molecule has 0 aromatic heterocycles. The van der Waals surface area contributed by atoms with Crippen molar-refractivity contribution in [2.45, 2.75) is 37.8 Å². The third-order valence-corrected chi connectivity index (χ3v) is 3.69. The first-order chi connectivity index (χ1) is 10.2. The zero-order chi connectivity index (χ0) is 16.3. The standard InChI is InChI=1S/C16H25N3O2S/c1-16(2,3)21-15(20)19-6-4-18(5-7-19)11-12-8-13(17)10-14(22)9-12/h8-10,22H,4-7,11,17H2,1-3H3. The molecule has 0 unspecified atom stereocenters. The first kappa shape index (κ1) is 17.0. The molecule has 1 fully saturated rings. The molecule has 1 aliphatic heterocycles.